The van der Waals surface area contributed by atoms with Crippen LogP contribution in [0.3, 0.4) is 0 Å². The Kier molecular flexibility index (Phi) is 6.96. The third-order valence-electron chi connectivity index (χ3n) is 5.16. The maximum absolute atomic E-state index is 12.9. The molecule has 3 aromatic carbocycles. The third kappa shape index (κ3) is 5.41. The topological polar surface area (TPSA) is 117 Å². The summed E-state index contributed by atoms with van der Waals surface area (Å²) in [6.07, 6.45) is 0. The Morgan fingerprint density at radius 1 is 0.857 bits per heavy atom. The summed E-state index contributed by atoms with van der Waals surface area (Å²) >= 11 is 0. The number of aromatic nitrogens is 2. The number of carbonyl (C=O) groups is 3. The average Bonchev–Trinajstić information content (AvgIpc) is 2.89. The lowest BCUT2D eigenvalue weighted by molar-refractivity contribution is -0.119. The Labute approximate surface area is 199 Å². The van der Waals surface area contributed by atoms with Gasteiger partial charge in [-0.2, -0.15) is 5.10 Å². The first kappa shape index (κ1) is 23.4. The minimum atomic E-state index is -0.834. The van der Waals surface area contributed by atoms with Crippen LogP contribution in [-0.4, -0.2) is 41.3 Å². The SMILES string of the molecule is COC(=O)c1ccc(NC(=O)COC(=O)c2nn(Cc3ccccc3)c(=O)c3ccccc23)cc1. The van der Waals surface area contributed by atoms with Crippen LogP contribution in [0.25, 0.3) is 10.8 Å². The minimum absolute atomic E-state index is 0.0636. The van der Waals surface area contributed by atoms with Gasteiger partial charge in [-0.15, -0.1) is 0 Å². The third-order valence-corrected chi connectivity index (χ3v) is 5.16. The molecule has 4 rings (SSSR count). The van der Waals surface area contributed by atoms with Crippen molar-refractivity contribution in [1.29, 1.82) is 0 Å². The van der Waals surface area contributed by atoms with Crippen molar-refractivity contribution in [3.05, 3.63) is 106 Å². The van der Waals surface area contributed by atoms with Gasteiger partial charge in [0.05, 0.1) is 24.6 Å². The predicted octanol–water partition coefficient (Wildman–Crippen LogP) is 3.03. The zero-order valence-electron chi connectivity index (χ0n) is 18.8. The maximum Gasteiger partial charge on any atom is 0.359 e. The van der Waals surface area contributed by atoms with Crippen molar-refractivity contribution >= 4 is 34.3 Å². The Hall–Kier alpha value is -4.79. The van der Waals surface area contributed by atoms with Crippen LogP contribution in [0.1, 0.15) is 26.4 Å². The van der Waals surface area contributed by atoms with Crippen molar-refractivity contribution in [2.24, 2.45) is 0 Å². The molecule has 0 fully saturated rings. The van der Waals surface area contributed by atoms with Gasteiger partial charge >= 0.3 is 11.9 Å². The second kappa shape index (κ2) is 10.4. The van der Waals surface area contributed by atoms with Gasteiger partial charge < -0.3 is 14.8 Å². The number of anilines is 1. The lowest BCUT2D eigenvalue weighted by Crippen LogP contribution is -2.28. The summed E-state index contributed by atoms with van der Waals surface area (Å²) in [6.45, 7) is -0.391. The summed E-state index contributed by atoms with van der Waals surface area (Å²) in [5, 5.41) is 7.48. The van der Waals surface area contributed by atoms with Gasteiger partial charge in [-0.1, -0.05) is 48.5 Å². The van der Waals surface area contributed by atoms with Gasteiger partial charge in [-0.05, 0) is 35.9 Å². The van der Waals surface area contributed by atoms with E-state index in [-0.39, 0.29) is 17.8 Å². The molecule has 1 amide bonds. The number of nitrogens with zero attached hydrogens (tertiary/aromatic N) is 2. The molecule has 1 aromatic heterocycles. The molecule has 1 N–H and O–H groups in total. The van der Waals surface area contributed by atoms with Gasteiger partial charge in [0.25, 0.3) is 11.5 Å². The summed E-state index contributed by atoms with van der Waals surface area (Å²) in [7, 11) is 1.28. The van der Waals surface area contributed by atoms with Crippen molar-refractivity contribution in [2.45, 2.75) is 6.54 Å². The molecule has 1 heterocycles. The Morgan fingerprint density at radius 3 is 2.20 bits per heavy atom. The normalized spacial score (nSPS) is 10.5. The molecule has 9 nitrogen and oxygen atoms in total. The number of methoxy groups -OCH3 is 1. The fourth-order valence-corrected chi connectivity index (χ4v) is 3.45. The van der Waals surface area contributed by atoms with E-state index in [9.17, 15) is 19.2 Å². The quantitative estimate of drug-likeness (QED) is 0.412. The van der Waals surface area contributed by atoms with E-state index in [1.54, 1.807) is 24.3 Å². The summed E-state index contributed by atoms with van der Waals surface area (Å²) in [5.74, 6) is -1.91. The van der Waals surface area contributed by atoms with Crippen molar-refractivity contribution in [1.82, 2.24) is 9.78 Å². The summed E-state index contributed by atoms with van der Waals surface area (Å²) in [4.78, 5) is 49.6. The molecule has 0 bridgehead atoms. The molecule has 9 heteroatoms. The van der Waals surface area contributed by atoms with E-state index in [1.807, 2.05) is 30.3 Å². The molecule has 0 saturated heterocycles. The zero-order chi connectivity index (χ0) is 24.8. The Balaban J connectivity index is 1.50. The molecule has 35 heavy (non-hydrogen) atoms. The number of rotatable bonds is 7. The molecule has 0 saturated carbocycles. The van der Waals surface area contributed by atoms with Crippen LogP contribution in [0.5, 0.6) is 0 Å². The number of nitrogens with one attached hydrogen (secondary N) is 1. The van der Waals surface area contributed by atoms with Gasteiger partial charge in [0, 0.05) is 11.1 Å². The smallest absolute Gasteiger partial charge is 0.359 e. The van der Waals surface area contributed by atoms with Gasteiger partial charge in [0.15, 0.2) is 12.3 Å². The number of benzene rings is 3. The highest BCUT2D eigenvalue weighted by atomic mass is 16.5. The molecule has 0 aliphatic heterocycles. The number of amides is 1. The van der Waals surface area contributed by atoms with E-state index >= 15 is 0 Å². The first-order valence-electron chi connectivity index (χ1n) is 10.7. The van der Waals surface area contributed by atoms with Gasteiger partial charge in [0.1, 0.15) is 0 Å². The van der Waals surface area contributed by atoms with Gasteiger partial charge in [-0.3, -0.25) is 9.59 Å². The second-order valence-electron chi connectivity index (χ2n) is 7.54. The van der Waals surface area contributed by atoms with Crippen LogP contribution in [0.4, 0.5) is 5.69 Å². The van der Waals surface area contributed by atoms with E-state index in [4.69, 9.17) is 4.74 Å². The Morgan fingerprint density at radius 2 is 1.51 bits per heavy atom. The van der Waals surface area contributed by atoms with Crippen molar-refractivity contribution in [2.75, 3.05) is 19.0 Å². The van der Waals surface area contributed by atoms with Crippen LogP contribution < -0.4 is 10.9 Å². The highest BCUT2D eigenvalue weighted by molar-refractivity contribution is 6.03. The zero-order valence-corrected chi connectivity index (χ0v) is 18.8. The highest BCUT2D eigenvalue weighted by Crippen LogP contribution is 2.15. The van der Waals surface area contributed by atoms with E-state index < -0.39 is 24.5 Å². The molecule has 4 aromatic rings. The van der Waals surface area contributed by atoms with Crippen LogP contribution in [-0.2, 0) is 20.8 Å². The molecule has 0 atom stereocenters. The highest BCUT2D eigenvalue weighted by Gasteiger charge is 2.19. The van der Waals surface area contributed by atoms with Crippen LogP contribution in [0, 0.1) is 0 Å². The lowest BCUT2D eigenvalue weighted by atomic mass is 10.1. The number of esters is 2. The number of fused-ring (bicyclic) bond motifs is 1. The standard InChI is InChI=1S/C26H21N3O6/c1-34-25(32)18-11-13-19(14-12-18)27-22(30)16-35-26(33)23-20-9-5-6-10-21(20)24(31)29(28-23)15-17-7-3-2-4-8-17/h2-14H,15-16H2,1H3,(H,27,30). The first-order chi connectivity index (χ1) is 17.0. The van der Waals surface area contributed by atoms with E-state index in [0.717, 1.165) is 5.56 Å². The largest absolute Gasteiger partial charge is 0.465 e. The van der Waals surface area contributed by atoms with Gasteiger partial charge in [-0.25, -0.2) is 14.3 Å². The summed E-state index contributed by atoms with van der Waals surface area (Å²) in [6, 6.07) is 21.9. The minimum Gasteiger partial charge on any atom is -0.465 e. The molecular formula is C26H21N3O6. The number of ether oxygens (including phenoxy) is 2. The average molecular weight is 471 g/mol. The summed E-state index contributed by atoms with van der Waals surface area (Å²) in [5.41, 5.74) is 1.19. The maximum atomic E-state index is 12.9. The lowest BCUT2D eigenvalue weighted by Gasteiger charge is -2.11. The van der Waals surface area contributed by atoms with Crippen LogP contribution >= 0.6 is 0 Å². The van der Waals surface area contributed by atoms with Gasteiger partial charge in [0.2, 0.25) is 0 Å². The first-order valence-corrected chi connectivity index (χ1v) is 10.7. The van der Waals surface area contributed by atoms with Crippen LogP contribution in [0.2, 0.25) is 0 Å². The monoisotopic (exact) mass is 471 g/mol. The molecule has 176 valence electrons. The fraction of sp³-hybridized carbons (Fsp3) is 0.115. The molecule has 0 aliphatic rings. The predicted molar refractivity (Wildman–Crippen MR) is 128 cm³/mol. The molecule has 0 spiro atoms. The Bertz CT molecular complexity index is 1450. The van der Waals surface area contributed by atoms with E-state index in [2.05, 4.69) is 15.2 Å². The van der Waals surface area contributed by atoms with Crippen LogP contribution in [0.15, 0.2) is 83.7 Å². The van der Waals surface area contributed by atoms with E-state index in [0.29, 0.717) is 22.0 Å². The van der Waals surface area contributed by atoms with E-state index in [1.165, 1.54) is 36.1 Å². The fourth-order valence-electron chi connectivity index (χ4n) is 3.45. The summed E-state index contributed by atoms with van der Waals surface area (Å²) < 4.78 is 11.0. The molecule has 0 aliphatic carbocycles. The number of hydrogen-bond acceptors (Lipinski definition) is 7. The number of hydrogen-bond donors (Lipinski definition) is 1. The molecule has 0 unspecified atom stereocenters. The molecule has 0 radical (unpaired) electrons. The van der Waals surface area contributed by atoms with Crippen molar-refractivity contribution in [3.63, 3.8) is 0 Å². The van der Waals surface area contributed by atoms with Crippen molar-refractivity contribution < 1.29 is 23.9 Å². The number of carbonyl (C=O) groups excluding carboxylic acids is 3. The molecular weight excluding hydrogens is 450 g/mol. The van der Waals surface area contributed by atoms with Crippen molar-refractivity contribution in [3.8, 4) is 0 Å². The second-order valence-corrected chi connectivity index (χ2v) is 7.54.